The molecule has 1 aliphatic heterocycles. The lowest BCUT2D eigenvalue weighted by Crippen LogP contribution is -2.47. The van der Waals surface area contributed by atoms with Crippen molar-refractivity contribution in [1.82, 2.24) is 9.80 Å². The van der Waals surface area contributed by atoms with Crippen molar-refractivity contribution in [2.24, 2.45) is 0 Å². The fourth-order valence-corrected chi connectivity index (χ4v) is 2.78. The number of aliphatic hydroxyl groups is 1. The van der Waals surface area contributed by atoms with Crippen LogP contribution in [0.5, 0.6) is 0 Å². The zero-order valence-electron chi connectivity index (χ0n) is 15.0. The van der Waals surface area contributed by atoms with Crippen molar-refractivity contribution in [2.45, 2.75) is 19.4 Å². The molecule has 26 heavy (non-hydrogen) atoms. The van der Waals surface area contributed by atoms with Gasteiger partial charge in [0.25, 0.3) is 0 Å². The smallest absolute Gasteiger partial charge is 0.337 e. The Morgan fingerprint density at radius 2 is 1.73 bits per heavy atom. The number of hydrogen-bond acceptors (Lipinski definition) is 7. The predicted octanol–water partition coefficient (Wildman–Crippen LogP) is 0.629. The second-order valence-corrected chi connectivity index (χ2v) is 6.50. The zero-order valence-corrected chi connectivity index (χ0v) is 15.8. The van der Waals surface area contributed by atoms with Gasteiger partial charge in [-0.3, -0.25) is 9.08 Å². The second-order valence-electron chi connectivity index (χ2n) is 5.86. The lowest BCUT2D eigenvalue weighted by molar-refractivity contribution is -0.146. The molecule has 1 fully saturated rings. The van der Waals surface area contributed by atoms with Crippen LogP contribution in [0.15, 0.2) is 30.3 Å². The van der Waals surface area contributed by atoms with Crippen molar-refractivity contribution in [3.63, 3.8) is 0 Å². The molecule has 8 nitrogen and oxygen atoms in total. The fourth-order valence-electron chi connectivity index (χ4n) is 2.57. The molecule has 0 saturated carbocycles. The van der Waals surface area contributed by atoms with E-state index in [1.807, 2.05) is 0 Å². The number of carboxylic acids is 1. The quantitative estimate of drug-likeness (QED) is 0.625. The molecule has 1 aliphatic rings. The molecule has 2 N–H and O–H groups in total. The Bertz CT molecular complexity index is 537. The Balaban J connectivity index is 0.000000273. The van der Waals surface area contributed by atoms with Crippen LogP contribution in [0.3, 0.4) is 0 Å². The minimum Gasteiger partial charge on any atom is -0.750 e. The first kappa shape index (κ1) is 22.7. The Hall–Kier alpha value is -1.36. The van der Waals surface area contributed by atoms with E-state index in [1.54, 1.807) is 30.3 Å². The van der Waals surface area contributed by atoms with Gasteiger partial charge in [-0.2, -0.15) is 0 Å². The minimum absolute atomic E-state index is 0.268. The van der Waals surface area contributed by atoms with Crippen molar-refractivity contribution in [3.8, 4) is 0 Å². The molecular weight excluding hydrogens is 360 g/mol. The molecule has 2 unspecified atom stereocenters. The summed E-state index contributed by atoms with van der Waals surface area (Å²) in [5.74, 6) is -1.23. The van der Waals surface area contributed by atoms with Gasteiger partial charge in [0, 0.05) is 32.7 Å². The molecule has 0 aromatic heterocycles. The summed E-state index contributed by atoms with van der Waals surface area (Å²) in [7, 11) is 0. The standard InChI is InChI=1S/C9H20N2O3S.C8H8O3/c1-2-3-10-4-6-11(7-5-10)8-9-14-15(12)13;9-7(8(10)11)6-4-2-1-3-5-6/h2-9H2,1H3,(H,12,13);1-5,7,9H,(H,10,11)/p-1. The number of nitrogens with zero attached hydrogens (tertiary/aromatic N) is 2. The van der Waals surface area contributed by atoms with Gasteiger partial charge in [-0.1, -0.05) is 37.3 Å². The van der Waals surface area contributed by atoms with Gasteiger partial charge in [-0.25, -0.2) is 9.00 Å². The topological polar surface area (TPSA) is 113 Å². The SMILES string of the molecule is CCCN1CCN(CCOS(=O)[O-])CC1.O=C(O)C(O)c1ccccc1. The van der Waals surface area contributed by atoms with E-state index in [-0.39, 0.29) is 6.61 Å². The third kappa shape index (κ3) is 9.37. The van der Waals surface area contributed by atoms with Gasteiger partial charge in [-0.05, 0) is 18.5 Å². The fraction of sp³-hybridized carbons (Fsp3) is 0.588. The summed E-state index contributed by atoms with van der Waals surface area (Å²) in [6, 6.07) is 8.26. The van der Waals surface area contributed by atoms with Crippen LogP contribution in [0.2, 0.25) is 0 Å². The van der Waals surface area contributed by atoms with Crippen LogP contribution < -0.4 is 0 Å². The summed E-state index contributed by atoms with van der Waals surface area (Å²) in [6.45, 7) is 8.49. The van der Waals surface area contributed by atoms with Gasteiger partial charge in [-0.15, -0.1) is 0 Å². The molecule has 1 aromatic rings. The molecule has 1 aromatic carbocycles. The maximum Gasteiger partial charge on any atom is 0.337 e. The molecule has 2 atom stereocenters. The molecule has 9 heteroatoms. The van der Waals surface area contributed by atoms with Crippen LogP contribution >= 0.6 is 0 Å². The van der Waals surface area contributed by atoms with Gasteiger partial charge < -0.3 is 19.7 Å². The van der Waals surface area contributed by atoms with Gasteiger partial charge in [0.15, 0.2) is 6.10 Å². The van der Waals surface area contributed by atoms with Gasteiger partial charge in [0.2, 0.25) is 0 Å². The molecule has 0 bridgehead atoms. The maximum atomic E-state index is 10.2. The highest BCUT2D eigenvalue weighted by Gasteiger charge is 2.15. The van der Waals surface area contributed by atoms with E-state index in [0.29, 0.717) is 12.1 Å². The predicted molar refractivity (Wildman–Crippen MR) is 97.1 cm³/mol. The number of hydrogen-bond donors (Lipinski definition) is 2. The molecule has 1 saturated heterocycles. The minimum atomic E-state index is -2.37. The zero-order chi connectivity index (χ0) is 19.4. The largest absolute Gasteiger partial charge is 0.750 e. The van der Waals surface area contributed by atoms with Crippen molar-refractivity contribution < 1.29 is 28.0 Å². The van der Waals surface area contributed by atoms with Gasteiger partial charge in [0.05, 0.1) is 18.0 Å². The highest BCUT2D eigenvalue weighted by Crippen LogP contribution is 2.11. The Labute approximate surface area is 156 Å². The number of aliphatic carboxylic acids is 1. The molecule has 0 aliphatic carbocycles. The van der Waals surface area contributed by atoms with Gasteiger partial charge >= 0.3 is 5.97 Å². The number of piperazine rings is 1. The van der Waals surface area contributed by atoms with Crippen LogP contribution in [0.1, 0.15) is 25.0 Å². The third-order valence-corrected chi connectivity index (χ3v) is 4.30. The van der Waals surface area contributed by atoms with Crippen molar-refractivity contribution in [1.29, 1.82) is 0 Å². The first-order valence-corrected chi connectivity index (χ1v) is 9.57. The monoisotopic (exact) mass is 387 g/mol. The van der Waals surface area contributed by atoms with Crippen LogP contribution in [0.25, 0.3) is 0 Å². The molecule has 1 heterocycles. The lowest BCUT2D eigenvalue weighted by atomic mass is 10.1. The second kappa shape index (κ2) is 12.9. The van der Waals surface area contributed by atoms with E-state index in [9.17, 15) is 13.6 Å². The van der Waals surface area contributed by atoms with E-state index in [1.165, 1.54) is 6.42 Å². The number of carbonyl (C=O) groups is 1. The Kier molecular flexibility index (Phi) is 11.3. The summed E-state index contributed by atoms with van der Waals surface area (Å²) in [5.41, 5.74) is 0.403. The van der Waals surface area contributed by atoms with Crippen LogP contribution in [-0.4, -0.2) is 80.6 Å². The lowest BCUT2D eigenvalue weighted by Gasteiger charge is -2.34. The summed E-state index contributed by atoms with van der Waals surface area (Å²) in [5, 5.41) is 17.4. The maximum absolute atomic E-state index is 10.2. The van der Waals surface area contributed by atoms with Crippen molar-refractivity contribution in [2.75, 3.05) is 45.9 Å². The molecule has 0 amide bonds. The molecule has 0 radical (unpaired) electrons. The van der Waals surface area contributed by atoms with Crippen LogP contribution in [0, 0.1) is 0 Å². The molecule has 0 spiro atoms. The highest BCUT2D eigenvalue weighted by atomic mass is 32.2. The first-order valence-electron chi connectivity index (χ1n) is 8.57. The van der Waals surface area contributed by atoms with E-state index in [2.05, 4.69) is 20.9 Å². The van der Waals surface area contributed by atoms with E-state index >= 15 is 0 Å². The normalized spacial score (nSPS) is 17.8. The highest BCUT2D eigenvalue weighted by molar-refractivity contribution is 7.74. The van der Waals surface area contributed by atoms with Crippen LogP contribution in [-0.2, 0) is 20.3 Å². The number of benzene rings is 1. The molecular formula is C17H27N2O6S-. The van der Waals surface area contributed by atoms with Crippen molar-refractivity contribution >= 4 is 17.3 Å². The summed E-state index contributed by atoms with van der Waals surface area (Å²) < 4.78 is 24.7. The average Bonchev–Trinajstić information content (AvgIpc) is 2.64. The van der Waals surface area contributed by atoms with E-state index in [0.717, 1.165) is 32.7 Å². The summed E-state index contributed by atoms with van der Waals surface area (Å²) in [4.78, 5) is 14.9. The first-order chi connectivity index (χ1) is 12.4. The van der Waals surface area contributed by atoms with Crippen LogP contribution in [0.4, 0.5) is 0 Å². The summed E-state index contributed by atoms with van der Waals surface area (Å²) in [6.07, 6.45) is -0.214. The van der Waals surface area contributed by atoms with E-state index in [4.69, 9.17) is 10.2 Å². The Morgan fingerprint density at radius 3 is 2.19 bits per heavy atom. The summed E-state index contributed by atoms with van der Waals surface area (Å²) >= 11 is -2.37. The Morgan fingerprint density at radius 1 is 1.19 bits per heavy atom. The molecule has 2 rings (SSSR count). The third-order valence-electron chi connectivity index (χ3n) is 3.94. The van der Waals surface area contributed by atoms with E-state index < -0.39 is 23.4 Å². The number of carboxylic acid groups (broad SMARTS) is 1. The molecule has 148 valence electrons. The average molecular weight is 387 g/mol. The van der Waals surface area contributed by atoms with Crippen molar-refractivity contribution in [3.05, 3.63) is 35.9 Å². The van der Waals surface area contributed by atoms with Gasteiger partial charge in [0.1, 0.15) is 0 Å². The number of rotatable bonds is 8. The number of aliphatic hydroxyl groups excluding tert-OH is 1.